The van der Waals surface area contributed by atoms with E-state index in [1.54, 1.807) is 27.0 Å². The number of Topliss-reactive ketones (excluding diaryl/α,β-unsaturated/α-hetero) is 1. The molecule has 0 radical (unpaired) electrons. The molecule has 1 aromatic heterocycles. The highest BCUT2D eigenvalue weighted by molar-refractivity contribution is 5.88. The van der Waals surface area contributed by atoms with Crippen molar-refractivity contribution >= 4 is 17.8 Å². The van der Waals surface area contributed by atoms with E-state index in [4.69, 9.17) is 9.47 Å². The molecule has 7 atom stereocenters. The third kappa shape index (κ3) is 6.57. The van der Waals surface area contributed by atoms with E-state index < -0.39 is 35.6 Å². The second kappa shape index (κ2) is 10.9. The average molecular weight is 488 g/mol. The van der Waals surface area contributed by atoms with Crippen LogP contribution in [0.2, 0.25) is 0 Å². The number of cyclic esters (lactones) is 1. The Morgan fingerprint density at radius 3 is 2.54 bits per heavy atom. The first-order valence-corrected chi connectivity index (χ1v) is 12.7. The number of carbonyl (C=O) groups excluding carboxylic acids is 2. The first-order chi connectivity index (χ1) is 16.3. The van der Waals surface area contributed by atoms with Crippen LogP contribution >= 0.6 is 0 Å². The number of esters is 1. The molecule has 2 fully saturated rings. The number of ether oxygens (including phenoxy) is 2. The molecule has 0 bridgehead atoms. The van der Waals surface area contributed by atoms with Gasteiger partial charge in [0.2, 0.25) is 0 Å². The van der Waals surface area contributed by atoms with Crippen LogP contribution in [0.1, 0.15) is 79.3 Å². The number of rotatable bonds is 2. The fourth-order valence-electron chi connectivity index (χ4n) is 5.08. The molecule has 0 unspecified atom stereocenters. The van der Waals surface area contributed by atoms with Crippen molar-refractivity contribution in [2.24, 2.45) is 17.3 Å². The van der Waals surface area contributed by atoms with Gasteiger partial charge in [-0.1, -0.05) is 40.2 Å². The van der Waals surface area contributed by atoms with Crippen molar-refractivity contribution in [2.75, 3.05) is 0 Å². The maximum atomic E-state index is 13.2. The van der Waals surface area contributed by atoms with Crippen LogP contribution in [0.25, 0.3) is 6.08 Å². The van der Waals surface area contributed by atoms with Crippen LogP contribution in [0, 0.1) is 17.3 Å². The highest BCUT2D eigenvalue weighted by Gasteiger charge is 2.53. The summed E-state index contributed by atoms with van der Waals surface area (Å²) in [6.07, 6.45) is 3.60. The lowest BCUT2D eigenvalue weighted by Crippen LogP contribution is -2.45. The molecule has 3 heterocycles. The predicted octanol–water partition coefficient (Wildman–Crippen LogP) is 4.11. The third-order valence-electron chi connectivity index (χ3n) is 7.98. The molecule has 3 rings (SSSR count). The highest BCUT2D eigenvalue weighted by Crippen LogP contribution is 2.45. The molecule has 35 heavy (non-hydrogen) atoms. The summed E-state index contributed by atoms with van der Waals surface area (Å²) in [6, 6.07) is 5.62. The Balaban J connectivity index is 1.86. The van der Waals surface area contributed by atoms with Crippen molar-refractivity contribution in [2.45, 2.75) is 104 Å². The molecule has 7 heteroatoms. The van der Waals surface area contributed by atoms with Gasteiger partial charge in [0.1, 0.15) is 11.9 Å². The molecule has 2 aliphatic heterocycles. The van der Waals surface area contributed by atoms with Crippen molar-refractivity contribution in [1.82, 2.24) is 4.98 Å². The van der Waals surface area contributed by atoms with Gasteiger partial charge in [-0.15, -0.1) is 0 Å². The SMILES string of the molecule is C/C(=C\c1ccccn1)[C@@H]1C[C@@H]2O[C@]2(C)CCC[C@H](C)[C@H](O)[C@@H](C)C(=O)C(C)(C)[C@@H](O)CC(=O)O1. The highest BCUT2D eigenvalue weighted by atomic mass is 16.6. The van der Waals surface area contributed by atoms with Crippen LogP contribution in [0.3, 0.4) is 0 Å². The van der Waals surface area contributed by atoms with Crippen molar-refractivity contribution < 1.29 is 29.3 Å². The second-order valence-corrected chi connectivity index (χ2v) is 11.2. The van der Waals surface area contributed by atoms with Gasteiger partial charge in [-0.2, -0.15) is 0 Å². The molecule has 2 N–H and O–H groups in total. The van der Waals surface area contributed by atoms with Gasteiger partial charge in [-0.25, -0.2) is 0 Å². The quantitative estimate of drug-likeness (QED) is 0.477. The molecule has 0 amide bonds. The summed E-state index contributed by atoms with van der Waals surface area (Å²) in [7, 11) is 0. The van der Waals surface area contributed by atoms with E-state index in [0.29, 0.717) is 6.42 Å². The Bertz CT molecular complexity index is 929. The lowest BCUT2D eigenvalue weighted by atomic mass is 9.73. The standard InChI is InChI=1S/C28H41NO6/c1-17-10-9-12-28(6)23(35-28)15-21(18(2)14-20-11-7-8-13-29-20)34-24(31)16-22(30)27(4,5)26(33)19(3)25(17)32/h7-8,11,13-14,17,19,21-23,25,30,32H,9-10,12,15-16H2,1-6H3/b18-14+/t17-,19+,21-,22-,23-,25-,28+/m0/s1. The van der Waals surface area contributed by atoms with Gasteiger partial charge in [-0.05, 0) is 56.4 Å². The van der Waals surface area contributed by atoms with E-state index in [1.165, 1.54) is 0 Å². The van der Waals surface area contributed by atoms with E-state index in [2.05, 4.69) is 11.9 Å². The van der Waals surface area contributed by atoms with E-state index in [1.807, 2.05) is 38.1 Å². The number of aliphatic hydroxyl groups is 2. The Kier molecular flexibility index (Phi) is 8.56. The summed E-state index contributed by atoms with van der Waals surface area (Å²) in [5.41, 5.74) is 0.0933. The van der Waals surface area contributed by atoms with Gasteiger partial charge in [0, 0.05) is 18.5 Å². The lowest BCUT2D eigenvalue weighted by molar-refractivity contribution is -0.154. The van der Waals surface area contributed by atoms with E-state index in [-0.39, 0.29) is 29.8 Å². The maximum Gasteiger partial charge on any atom is 0.309 e. The molecule has 1 aromatic rings. The summed E-state index contributed by atoms with van der Waals surface area (Å²) in [5, 5.41) is 21.7. The number of hydrogen-bond donors (Lipinski definition) is 2. The molecule has 0 saturated carbocycles. The zero-order valence-corrected chi connectivity index (χ0v) is 21.9. The molecule has 7 nitrogen and oxygen atoms in total. The van der Waals surface area contributed by atoms with E-state index in [0.717, 1.165) is 30.5 Å². The fourth-order valence-corrected chi connectivity index (χ4v) is 5.08. The predicted molar refractivity (Wildman–Crippen MR) is 133 cm³/mol. The van der Waals surface area contributed by atoms with Crippen LogP contribution in [0.15, 0.2) is 30.0 Å². The maximum absolute atomic E-state index is 13.2. The van der Waals surface area contributed by atoms with Crippen LogP contribution < -0.4 is 0 Å². The Morgan fingerprint density at radius 2 is 1.89 bits per heavy atom. The molecule has 0 aliphatic carbocycles. The number of hydrogen-bond acceptors (Lipinski definition) is 7. The third-order valence-corrected chi connectivity index (χ3v) is 7.98. The topological polar surface area (TPSA) is 109 Å². The lowest BCUT2D eigenvalue weighted by Gasteiger charge is -2.34. The minimum absolute atomic E-state index is 0.0533. The molecule has 2 aliphatic rings. The van der Waals surface area contributed by atoms with Crippen molar-refractivity contribution in [3.05, 3.63) is 35.7 Å². The van der Waals surface area contributed by atoms with Gasteiger partial charge in [0.25, 0.3) is 0 Å². The number of epoxide rings is 1. The molecular weight excluding hydrogens is 446 g/mol. The molecule has 2 saturated heterocycles. The smallest absolute Gasteiger partial charge is 0.309 e. The van der Waals surface area contributed by atoms with E-state index >= 15 is 0 Å². The van der Waals surface area contributed by atoms with Gasteiger partial charge < -0.3 is 19.7 Å². The minimum atomic E-state index is -1.23. The first-order valence-electron chi connectivity index (χ1n) is 12.7. The van der Waals surface area contributed by atoms with Crippen LogP contribution in [0.4, 0.5) is 0 Å². The zero-order chi connectivity index (χ0) is 26.0. The van der Waals surface area contributed by atoms with Gasteiger partial charge in [0.05, 0.1) is 41.4 Å². The number of carbonyl (C=O) groups is 2. The number of nitrogens with zero attached hydrogens (tertiary/aromatic N) is 1. The molecule has 0 spiro atoms. The number of aromatic nitrogens is 1. The molecule has 194 valence electrons. The zero-order valence-electron chi connectivity index (χ0n) is 21.9. The van der Waals surface area contributed by atoms with Gasteiger partial charge in [-0.3, -0.25) is 14.6 Å². The summed E-state index contributed by atoms with van der Waals surface area (Å²) < 4.78 is 11.9. The average Bonchev–Trinajstić information content (AvgIpc) is 3.45. The fraction of sp³-hybridized carbons (Fsp3) is 0.679. The van der Waals surface area contributed by atoms with Crippen molar-refractivity contribution in [3.8, 4) is 0 Å². The number of ketones is 1. The summed E-state index contributed by atoms with van der Waals surface area (Å²) in [6.45, 7) is 10.9. The van der Waals surface area contributed by atoms with Crippen LogP contribution in [-0.2, 0) is 19.1 Å². The number of fused-ring (bicyclic) bond motifs is 1. The number of aliphatic hydroxyl groups excluding tert-OH is 2. The molecular formula is C28H41NO6. The van der Waals surface area contributed by atoms with Crippen LogP contribution in [0.5, 0.6) is 0 Å². The Morgan fingerprint density at radius 1 is 1.17 bits per heavy atom. The van der Waals surface area contributed by atoms with Gasteiger partial charge >= 0.3 is 5.97 Å². The Hall–Kier alpha value is -2.09. The largest absolute Gasteiger partial charge is 0.458 e. The summed E-state index contributed by atoms with van der Waals surface area (Å²) in [4.78, 5) is 30.5. The van der Waals surface area contributed by atoms with Gasteiger partial charge in [0.15, 0.2) is 0 Å². The van der Waals surface area contributed by atoms with Crippen molar-refractivity contribution in [3.63, 3.8) is 0 Å². The first kappa shape index (κ1) is 27.5. The second-order valence-electron chi connectivity index (χ2n) is 11.2. The van der Waals surface area contributed by atoms with E-state index in [9.17, 15) is 19.8 Å². The molecule has 0 aromatic carbocycles. The summed E-state index contributed by atoms with van der Waals surface area (Å²) >= 11 is 0. The monoisotopic (exact) mass is 487 g/mol. The van der Waals surface area contributed by atoms with Crippen LogP contribution in [-0.4, -0.2) is 57.0 Å². The summed E-state index contributed by atoms with van der Waals surface area (Å²) in [5.74, 6) is -1.56. The van der Waals surface area contributed by atoms with Crippen molar-refractivity contribution in [1.29, 1.82) is 0 Å². The minimum Gasteiger partial charge on any atom is -0.458 e. The number of pyridine rings is 1. The normalized spacial score (nSPS) is 37.3. The Labute approximate surface area is 208 Å².